The second-order valence-corrected chi connectivity index (χ2v) is 5.77. The Balaban J connectivity index is 2.27. The van der Waals surface area contributed by atoms with Crippen LogP contribution < -0.4 is 5.46 Å². The SMILES string of the molecule is CC(C)([OH2+])C(C)(C)O[B]c1c(F)ccc2[nH]ccc12. The second-order valence-electron chi connectivity index (χ2n) is 5.77. The zero-order chi connectivity index (χ0) is 14.3. The third kappa shape index (κ3) is 2.67. The number of H-pyrrole nitrogens is 1. The Morgan fingerprint density at radius 2 is 1.89 bits per heavy atom. The molecule has 0 aliphatic carbocycles. The van der Waals surface area contributed by atoms with Crippen molar-refractivity contribution in [3.8, 4) is 0 Å². The summed E-state index contributed by atoms with van der Waals surface area (Å²) in [4.78, 5) is 3.04. The number of rotatable bonds is 4. The Morgan fingerprint density at radius 1 is 1.21 bits per heavy atom. The van der Waals surface area contributed by atoms with Crippen molar-refractivity contribution >= 4 is 23.8 Å². The summed E-state index contributed by atoms with van der Waals surface area (Å²) in [5.74, 6) is -0.328. The molecule has 0 spiro atoms. The number of aromatic nitrogens is 1. The molecule has 1 aromatic carbocycles. The lowest BCUT2D eigenvalue weighted by molar-refractivity contribution is -0.0893. The molecule has 1 aromatic heterocycles. The van der Waals surface area contributed by atoms with E-state index in [1.165, 1.54) is 13.5 Å². The summed E-state index contributed by atoms with van der Waals surface area (Å²) in [6, 6.07) is 4.92. The normalized spacial score (nSPS) is 12.9. The van der Waals surface area contributed by atoms with Gasteiger partial charge in [-0.2, -0.15) is 0 Å². The van der Waals surface area contributed by atoms with Gasteiger partial charge in [0.2, 0.25) is 0 Å². The molecule has 0 atom stereocenters. The average Bonchev–Trinajstić information content (AvgIpc) is 2.74. The molecule has 3 N–H and O–H groups in total. The second kappa shape index (κ2) is 4.65. The van der Waals surface area contributed by atoms with E-state index in [0.717, 1.165) is 10.9 Å². The molecule has 3 nitrogen and oxygen atoms in total. The molecule has 0 amide bonds. The molecular formula is C14H19BFNO2+. The molecule has 0 bridgehead atoms. The smallest absolute Gasteiger partial charge is 0.334 e. The van der Waals surface area contributed by atoms with Gasteiger partial charge in [0.25, 0.3) is 0 Å². The molecule has 2 rings (SSSR count). The molecule has 19 heavy (non-hydrogen) atoms. The van der Waals surface area contributed by atoms with E-state index in [4.69, 9.17) is 9.76 Å². The molecule has 1 radical (unpaired) electrons. The van der Waals surface area contributed by atoms with Crippen LogP contribution >= 0.6 is 0 Å². The van der Waals surface area contributed by atoms with Crippen LogP contribution in [0.2, 0.25) is 0 Å². The first-order chi connectivity index (χ1) is 8.72. The summed E-state index contributed by atoms with van der Waals surface area (Å²) in [6.07, 6.45) is 1.76. The van der Waals surface area contributed by atoms with Crippen LogP contribution in [0.1, 0.15) is 27.7 Å². The number of hydrogen-bond acceptors (Lipinski definition) is 1. The monoisotopic (exact) mass is 263 g/mol. The van der Waals surface area contributed by atoms with Crippen molar-refractivity contribution in [1.29, 1.82) is 0 Å². The molecule has 0 saturated carbocycles. The van der Waals surface area contributed by atoms with Crippen LogP contribution in [0.4, 0.5) is 4.39 Å². The number of aromatic amines is 1. The molecule has 5 heteroatoms. The van der Waals surface area contributed by atoms with Gasteiger partial charge in [-0.1, -0.05) is 0 Å². The summed E-state index contributed by atoms with van der Waals surface area (Å²) in [7, 11) is 1.42. The average molecular weight is 263 g/mol. The quantitative estimate of drug-likeness (QED) is 0.664. The molecule has 1 heterocycles. The van der Waals surface area contributed by atoms with Crippen molar-refractivity contribution in [3.63, 3.8) is 0 Å². The van der Waals surface area contributed by atoms with Gasteiger partial charge in [0.15, 0.2) is 5.60 Å². The van der Waals surface area contributed by atoms with Gasteiger partial charge in [-0.25, -0.2) is 4.39 Å². The number of benzene rings is 1. The van der Waals surface area contributed by atoms with Crippen molar-refractivity contribution in [2.75, 3.05) is 0 Å². The predicted octanol–water partition coefficient (Wildman–Crippen LogP) is 1.85. The molecule has 0 saturated heterocycles. The van der Waals surface area contributed by atoms with Gasteiger partial charge in [0.1, 0.15) is 11.4 Å². The van der Waals surface area contributed by atoms with E-state index in [-0.39, 0.29) is 5.82 Å². The van der Waals surface area contributed by atoms with Crippen molar-refractivity contribution < 1.29 is 14.2 Å². The number of nitrogens with one attached hydrogen (secondary N) is 1. The Kier molecular flexibility index (Phi) is 3.45. The Bertz CT molecular complexity index is 587. The van der Waals surface area contributed by atoms with Crippen LogP contribution in [-0.4, -0.2) is 28.8 Å². The van der Waals surface area contributed by atoms with E-state index in [0.29, 0.717) is 5.46 Å². The standard InChI is InChI=1S/C14H18BFNO2/c1-13(2,18)14(3,4)19-15-12-9-7-8-17-11(9)6-5-10(12)16/h5-8,17-18H,1-4H3/p+1. The zero-order valence-electron chi connectivity index (χ0n) is 11.7. The van der Waals surface area contributed by atoms with Gasteiger partial charge >= 0.3 is 7.48 Å². The third-order valence-corrected chi connectivity index (χ3v) is 3.70. The van der Waals surface area contributed by atoms with E-state index < -0.39 is 11.2 Å². The molecule has 0 aliphatic rings. The fraction of sp³-hybridized carbons (Fsp3) is 0.429. The maximum atomic E-state index is 13.9. The van der Waals surface area contributed by atoms with Gasteiger partial charge in [-0.05, 0) is 42.9 Å². The summed E-state index contributed by atoms with van der Waals surface area (Å²) < 4.78 is 19.6. The van der Waals surface area contributed by atoms with Crippen LogP contribution in [0.25, 0.3) is 10.9 Å². The Morgan fingerprint density at radius 3 is 2.53 bits per heavy atom. The molecule has 0 unspecified atom stereocenters. The lowest BCUT2D eigenvalue weighted by Crippen LogP contribution is -2.49. The molecule has 2 aromatic rings. The first-order valence-corrected chi connectivity index (χ1v) is 6.24. The third-order valence-electron chi connectivity index (χ3n) is 3.70. The van der Waals surface area contributed by atoms with Crippen molar-refractivity contribution in [2.24, 2.45) is 0 Å². The van der Waals surface area contributed by atoms with Crippen LogP contribution in [0.15, 0.2) is 24.4 Å². The van der Waals surface area contributed by atoms with Crippen molar-refractivity contribution in [1.82, 2.24) is 4.98 Å². The highest BCUT2D eigenvalue weighted by Crippen LogP contribution is 2.24. The fourth-order valence-electron chi connectivity index (χ4n) is 1.60. The highest BCUT2D eigenvalue weighted by molar-refractivity contribution is 6.51. The van der Waals surface area contributed by atoms with E-state index in [1.807, 2.05) is 19.9 Å². The Hall–Kier alpha value is -1.33. The highest BCUT2D eigenvalue weighted by Gasteiger charge is 2.40. The van der Waals surface area contributed by atoms with E-state index in [9.17, 15) is 4.39 Å². The van der Waals surface area contributed by atoms with Crippen LogP contribution in [0, 0.1) is 5.82 Å². The van der Waals surface area contributed by atoms with E-state index >= 15 is 0 Å². The Labute approximate surface area is 113 Å². The zero-order valence-corrected chi connectivity index (χ0v) is 11.7. The molecule has 0 aliphatic heterocycles. The van der Waals surface area contributed by atoms with Gasteiger partial charge < -0.3 is 14.7 Å². The topological polar surface area (TPSA) is 47.9 Å². The minimum Gasteiger partial charge on any atom is -0.439 e. The van der Waals surface area contributed by atoms with Crippen LogP contribution in [-0.2, 0) is 4.65 Å². The van der Waals surface area contributed by atoms with Crippen molar-refractivity contribution in [2.45, 2.75) is 38.9 Å². The summed E-state index contributed by atoms with van der Waals surface area (Å²) in [5, 5.41) is 8.82. The van der Waals surface area contributed by atoms with Crippen LogP contribution in [0.5, 0.6) is 0 Å². The number of hydrogen-bond donors (Lipinski definition) is 1. The minimum absolute atomic E-state index is 0.328. The fourth-order valence-corrected chi connectivity index (χ4v) is 1.60. The van der Waals surface area contributed by atoms with Gasteiger partial charge in [-0.3, -0.25) is 0 Å². The van der Waals surface area contributed by atoms with Gasteiger partial charge in [0.05, 0.1) is 0 Å². The highest BCUT2D eigenvalue weighted by atomic mass is 19.1. The van der Waals surface area contributed by atoms with E-state index in [1.54, 1.807) is 26.1 Å². The number of halogens is 1. The molecule has 101 valence electrons. The van der Waals surface area contributed by atoms with Crippen molar-refractivity contribution in [3.05, 3.63) is 30.2 Å². The maximum Gasteiger partial charge on any atom is 0.334 e. The summed E-state index contributed by atoms with van der Waals surface area (Å²) in [5.41, 5.74) is -0.223. The lowest BCUT2D eigenvalue weighted by atomic mass is 9.81. The first-order valence-electron chi connectivity index (χ1n) is 6.24. The molecular weight excluding hydrogens is 244 g/mol. The van der Waals surface area contributed by atoms with Gasteiger partial charge in [-0.15, -0.1) is 0 Å². The minimum atomic E-state index is -0.786. The number of fused-ring (bicyclic) bond motifs is 1. The van der Waals surface area contributed by atoms with E-state index in [2.05, 4.69) is 4.98 Å². The first kappa shape index (κ1) is 14.1. The summed E-state index contributed by atoms with van der Waals surface area (Å²) >= 11 is 0. The lowest BCUT2D eigenvalue weighted by Gasteiger charge is -2.33. The summed E-state index contributed by atoms with van der Waals surface area (Å²) in [6.45, 7) is 7.19. The maximum absolute atomic E-state index is 13.9. The molecule has 0 fully saturated rings. The largest absolute Gasteiger partial charge is 0.439 e. The van der Waals surface area contributed by atoms with Gasteiger partial charge in [0, 0.05) is 25.6 Å². The predicted molar refractivity (Wildman–Crippen MR) is 76.5 cm³/mol. The van der Waals surface area contributed by atoms with Crippen LogP contribution in [0.3, 0.4) is 0 Å².